The third-order valence-corrected chi connectivity index (χ3v) is 10.8. The Labute approximate surface area is 261 Å². The summed E-state index contributed by atoms with van der Waals surface area (Å²) in [5.74, 6) is -3.09. The molecule has 11 heteroatoms. The molecule has 1 N–H and O–H groups in total. The van der Waals surface area contributed by atoms with Gasteiger partial charge in [0, 0.05) is 21.0 Å². The van der Waals surface area contributed by atoms with E-state index in [1.165, 1.54) is 21.6 Å². The number of anilines is 2. The van der Waals surface area contributed by atoms with E-state index in [2.05, 4.69) is 21.2 Å². The molecule has 1 saturated heterocycles. The van der Waals surface area contributed by atoms with E-state index >= 15 is 0 Å². The molecule has 0 spiro atoms. The number of thioether (sulfide) groups is 1. The molecule has 3 heterocycles. The largest absolute Gasteiger partial charge is 0.325 e. The Morgan fingerprint density at radius 1 is 0.884 bits per heavy atom. The van der Waals surface area contributed by atoms with Gasteiger partial charge < -0.3 is 5.32 Å². The van der Waals surface area contributed by atoms with E-state index in [-0.39, 0.29) is 17.3 Å². The lowest BCUT2D eigenvalue weighted by molar-refractivity contribution is -0.122. The van der Waals surface area contributed by atoms with Crippen LogP contribution in [0.3, 0.4) is 0 Å². The molecule has 0 aliphatic carbocycles. The zero-order valence-corrected chi connectivity index (χ0v) is 25.4. The highest BCUT2D eigenvalue weighted by Crippen LogP contribution is 2.53. The van der Waals surface area contributed by atoms with E-state index in [0.29, 0.717) is 26.8 Å². The zero-order valence-electron chi connectivity index (χ0n) is 22.2. The van der Waals surface area contributed by atoms with Crippen molar-refractivity contribution in [2.45, 2.75) is 22.7 Å². The second-order valence-electron chi connectivity index (χ2n) is 10.3. The van der Waals surface area contributed by atoms with E-state index in [9.17, 15) is 23.6 Å². The van der Waals surface area contributed by atoms with Gasteiger partial charge in [0.05, 0.1) is 16.6 Å². The topological polar surface area (TPSA) is 88.5 Å². The highest BCUT2D eigenvalue weighted by Gasteiger charge is 2.56. The fraction of sp³-hybridized carbons (Fsp3) is 0.125. The molecule has 3 amide bonds. The Morgan fingerprint density at radius 3 is 2.35 bits per heavy atom. The molecule has 0 radical (unpaired) electrons. The van der Waals surface area contributed by atoms with Gasteiger partial charge in [-0.3, -0.25) is 23.7 Å². The second-order valence-corrected chi connectivity index (χ2v) is 13.4. The molecule has 2 aliphatic rings. The van der Waals surface area contributed by atoms with Gasteiger partial charge in [0.2, 0.25) is 17.7 Å². The number of carbonyl (C=O) groups is 3. The average Bonchev–Trinajstić information content (AvgIpc) is 3.44. The normalized spacial score (nSPS) is 19.4. The number of fused-ring (bicyclic) bond motifs is 3. The van der Waals surface area contributed by atoms with E-state index < -0.39 is 34.7 Å². The van der Waals surface area contributed by atoms with E-state index in [4.69, 9.17) is 0 Å². The minimum Gasteiger partial charge on any atom is -0.325 e. The van der Waals surface area contributed by atoms with Crippen molar-refractivity contribution in [3.8, 4) is 0 Å². The number of halogens is 2. The van der Waals surface area contributed by atoms with E-state index in [1.807, 2.05) is 36.4 Å². The number of hydrogen-bond acceptors (Lipinski definition) is 6. The van der Waals surface area contributed by atoms with Crippen LogP contribution in [-0.2, 0) is 20.9 Å². The number of thiazole rings is 1. The van der Waals surface area contributed by atoms with Crippen molar-refractivity contribution in [3.05, 3.63) is 121 Å². The summed E-state index contributed by atoms with van der Waals surface area (Å²) < 4.78 is 16.1. The minimum atomic E-state index is -0.831. The average molecular weight is 675 g/mol. The van der Waals surface area contributed by atoms with Crippen LogP contribution in [0, 0.1) is 11.7 Å². The standard InChI is InChI=1S/C32H21BrFN3O4S2/c33-20-8-13-23(14-9-20)37-29(39)26-25(18-5-10-21(34)11-6-18)28-31(42-27(26)30(37)40)36(32(41)43-28)16-24(38)35-22-12-7-17-3-1-2-4-19(17)15-22/h1-15,25-27H,16H2,(H,35,38). The summed E-state index contributed by atoms with van der Waals surface area (Å²) in [6.45, 7) is -0.267. The Balaban J connectivity index is 1.26. The summed E-state index contributed by atoms with van der Waals surface area (Å²) in [5, 5.41) is 4.52. The van der Waals surface area contributed by atoms with Gasteiger partial charge >= 0.3 is 4.87 Å². The summed E-state index contributed by atoms with van der Waals surface area (Å²) in [6, 6.07) is 26.0. The molecule has 1 aromatic heterocycles. The number of carbonyl (C=O) groups excluding carboxylic acids is 3. The first kappa shape index (κ1) is 27.8. The van der Waals surface area contributed by atoms with Gasteiger partial charge in [-0.15, -0.1) is 0 Å². The molecule has 1 fully saturated rings. The molecule has 7 nitrogen and oxygen atoms in total. The molecular weight excluding hydrogens is 653 g/mol. The molecule has 2 aliphatic heterocycles. The molecule has 3 atom stereocenters. The fourth-order valence-electron chi connectivity index (χ4n) is 5.74. The first-order valence-electron chi connectivity index (χ1n) is 13.4. The molecule has 3 unspecified atom stereocenters. The van der Waals surface area contributed by atoms with Crippen molar-refractivity contribution in [2.75, 3.05) is 10.2 Å². The SMILES string of the molecule is O=C(Cn1c2c(sc1=O)C(c1ccc(F)cc1)C1C(=O)N(c3ccc(Br)cc3)C(=O)C1S2)Nc1ccc2ccccc2c1. The van der Waals surface area contributed by atoms with Crippen molar-refractivity contribution < 1.29 is 18.8 Å². The van der Waals surface area contributed by atoms with Crippen LogP contribution in [0.2, 0.25) is 0 Å². The number of rotatable bonds is 5. The number of benzene rings is 4. The maximum absolute atomic E-state index is 13.9. The molecular formula is C32H21BrFN3O4S2. The lowest BCUT2D eigenvalue weighted by atomic mass is 9.83. The van der Waals surface area contributed by atoms with Gasteiger partial charge in [-0.1, -0.05) is 81.5 Å². The molecule has 7 rings (SSSR count). The Bertz CT molecular complexity index is 1990. The number of imide groups is 1. The molecule has 0 saturated carbocycles. The monoisotopic (exact) mass is 673 g/mol. The van der Waals surface area contributed by atoms with Crippen LogP contribution < -0.4 is 15.1 Å². The lowest BCUT2D eigenvalue weighted by Crippen LogP contribution is -2.33. The maximum atomic E-state index is 13.9. The van der Waals surface area contributed by atoms with Crippen molar-refractivity contribution in [2.24, 2.45) is 5.92 Å². The highest BCUT2D eigenvalue weighted by atomic mass is 79.9. The van der Waals surface area contributed by atoms with Crippen LogP contribution in [0.15, 0.2) is 105 Å². The Hall–Kier alpha value is -4.06. The lowest BCUT2D eigenvalue weighted by Gasteiger charge is -2.30. The smallest absolute Gasteiger partial charge is 0.308 e. The number of aromatic nitrogens is 1. The van der Waals surface area contributed by atoms with Crippen LogP contribution in [0.1, 0.15) is 16.4 Å². The number of nitrogens with zero attached hydrogens (tertiary/aromatic N) is 2. The van der Waals surface area contributed by atoms with Crippen LogP contribution in [0.4, 0.5) is 15.8 Å². The third kappa shape index (κ3) is 4.91. The molecule has 43 heavy (non-hydrogen) atoms. The summed E-state index contributed by atoms with van der Waals surface area (Å²) in [4.78, 5) is 55.7. The zero-order chi connectivity index (χ0) is 29.8. The Kier molecular flexibility index (Phi) is 7.03. The van der Waals surface area contributed by atoms with Crippen LogP contribution >= 0.6 is 39.0 Å². The van der Waals surface area contributed by atoms with Gasteiger partial charge in [0.1, 0.15) is 17.6 Å². The van der Waals surface area contributed by atoms with Gasteiger partial charge in [-0.2, -0.15) is 0 Å². The summed E-state index contributed by atoms with van der Waals surface area (Å²) in [6.07, 6.45) is 0. The predicted octanol–water partition coefficient (Wildman–Crippen LogP) is 6.40. The second kappa shape index (κ2) is 10.9. The summed E-state index contributed by atoms with van der Waals surface area (Å²) >= 11 is 5.47. The van der Waals surface area contributed by atoms with Crippen molar-refractivity contribution in [1.82, 2.24) is 4.57 Å². The third-order valence-electron chi connectivity index (χ3n) is 7.70. The first-order chi connectivity index (χ1) is 20.8. The molecule has 4 aromatic carbocycles. The Morgan fingerprint density at radius 2 is 1.60 bits per heavy atom. The summed E-state index contributed by atoms with van der Waals surface area (Å²) in [5.41, 5.74) is 1.66. The minimum absolute atomic E-state index is 0.267. The predicted molar refractivity (Wildman–Crippen MR) is 169 cm³/mol. The van der Waals surface area contributed by atoms with Crippen LogP contribution in [0.25, 0.3) is 10.8 Å². The van der Waals surface area contributed by atoms with Gasteiger partial charge in [0.15, 0.2) is 0 Å². The number of nitrogens with one attached hydrogen (secondary N) is 1. The van der Waals surface area contributed by atoms with Crippen molar-refractivity contribution >= 4 is 78.9 Å². The summed E-state index contributed by atoms with van der Waals surface area (Å²) in [7, 11) is 0. The number of hydrogen-bond donors (Lipinski definition) is 1. The first-order valence-corrected chi connectivity index (χ1v) is 15.8. The van der Waals surface area contributed by atoms with Gasteiger partial charge in [0.25, 0.3) is 0 Å². The maximum Gasteiger partial charge on any atom is 0.308 e. The quantitative estimate of drug-likeness (QED) is 0.218. The van der Waals surface area contributed by atoms with E-state index in [1.54, 1.807) is 42.5 Å². The van der Waals surface area contributed by atoms with Crippen molar-refractivity contribution in [3.63, 3.8) is 0 Å². The van der Waals surface area contributed by atoms with Gasteiger partial charge in [-0.25, -0.2) is 9.29 Å². The van der Waals surface area contributed by atoms with Crippen LogP contribution in [-0.4, -0.2) is 27.5 Å². The number of amides is 3. The van der Waals surface area contributed by atoms with Crippen molar-refractivity contribution in [1.29, 1.82) is 0 Å². The molecule has 0 bridgehead atoms. The molecule has 5 aromatic rings. The molecule has 214 valence electrons. The van der Waals surface area contributed by atoms with Crippen LogP contribution in [0.5, 0.6) is 0 Å². The highest BCUT2D eigenvalue weighted by molar-refractivity contribution is 9.10. The van der Waals surface area contributed by atoms with Gasteiger partial charge in [-0.05, 0) is 64.9 Å². The fourth-order valence-corrected chi connectivity index (χ4v) is 8.78. The van der Waals surface area contributed by atoms with E-state index in [0.717, 1.165) is 38.3 Å².